The van der Waals surface area contributed by atoms with E-state index in [2.05, 4.69) is 19.2 Å². The van der Waals surface area contributed by atoms with Crippen LogP contribution in [0.2, 0.25) is 0 Å². The molecule has 1 saturated heterocycles. The molecule has 0 saturated carbocycles. The van der Waals surface area contributed by atoms with Crippen molar-refractivity contribution in [3.63, 3.8) is 0 Å². The topological polar surface area (TPSA) is 21.3 Å². The van der Waals surface area contributed by atoms with Crippen LogP contribution in [0.5, 0.6) is 0 Å². The first-order valence-electron chi connectivity index (χ1n) is 8.70. The Morgan fingerprint density at radius 3 is 2.42 bits per heavy atom. The van der Waals surface area contributed by atoms with Gasteiger partial charge in [0.05, 0.1) is 6.10 Å². The van der Waals surface area contributed by atoms with Crippen molar-refractivity contribution in [2.45, 2.75) is 84.2 Å². The quantitative estimate of drug-likeness (QED) is 0.525. The second-order valence-corrected chi connectivity index (χ2v) is 6.07. The van der Waals surface area contributed by atoms with E-state index >= 15 is 0 Å². The molecule has 1 rings (SSSR count). The lowest BCUT2D eigenvalue weighted by Gasteiger charge is -2.18. The van der Waals surface area contributed by atoms with Gasteiger partial charge in [-0.15, -0.1) is 0 Å². The van der Waals surface area contributed by atoms with Crippen LogP contribution in [0.4, 0.5) is 0 Å². The minimum atomic E-state index is 0.542. The summed E-state index contributed by atoms with van der Waals surface area (Å²) in [7, 11) is 0. The summed E-state index contributed by atoms with van der Waals surface area (Å²) in [5, 5.41) is 3.55. The third-order valence-electron chi connectivity index (χ3n) is 4.27. The van der Waals surface area contributed by atoms with Crippen molar-refractivity contribution in [1.29, 1.82) is 0 Å². The lowest BCUT2D eigenvalue weighted by Crippen LogP contribution is -2.29. The first-order chi connectivity index (χ1) is 9.38. The van der Waals surface area contributed by atoms with Crippen molar-refractivity contribution in [2.24, 2.45) is 5.92 Å². The molecular weight excluding hydrogens is 234 g/mol. The fourth-order valence-electron chi connectivity index (χ4n) is 3.01. The molecular formula is C17H35NO. The number of rotatable bonds is 12. The zero-order valence-electron chi connectivity index (χ0n) is 13.3. The van der Waals surface area contributed by atoms with Gasteiger partial charge < -0.3 is 10.1 Å². The number of unbranched alkanes of at least 4 members (excludes halogenated alkanes) is 6. The Balaban J connectivity index is 1.97. The molecule has 1 heterocycles. The highest BCUT2D eigenvalue weighted by molar-refractivity contribution is 4.78. The molecule has 2 atom stereocenters. The number of nitrogens with one attached hydrogen (secondary N) is 1. The molecule has 1 fully saturated rings. The highest BCUT2D eigenvalue weighted by atomic mass is 16.5. The second-order valence-electron chi connectivity index (χ2n) is 6.07. The van der Waals surface area contributed by atoms with Crippen LogP contribution in [-0.2, 0) is 4.74 Å². The molecule has 1 aliphatic rings. The summed E-state index contributed by atoms with van der Waals surface area (Å²) >= 11 is 0. The summed E-state index contributed by atoms with van der Waals surface area (Å²) in [5.41, 5.74) is 0. The molecule has 0 amide bonds. The monoisotopic (exact) mass is 269 g/mol. The van der Waals surface area contributed by atoms with Crippen LogP contribution in [0, 0.1) is 5.92 Å². The molecule has 0 aliphatic carbocycles. The number of hydrogen-bond acceptors (Lipinski definition) is 2. The Kier molecular flexibility index (Phi) is 10.5. The fourth-order valence-corrected chi connectivity index (χ4v) is 3.01. The standard InChI is InChI=1S/C17H35NO/c1-3-5-6-7-8-9-10-11-17-16(12-14-19-17)15-18-13-4-2/h16-18H,3-15H2,1-2H3. The van der Waals surface area contributed by atoms with Gasteiger partial charge in [-0.1, -0.05) is 58.8 Å². The summed E-state index contributed by atoms with van der Waals surface area (Å²) in [6.45, 7) is 7.81. The van der Waals surface area contributed by atoms with E-state index in [1.807, 2.05) is 0 Å². The zero-order valence-corrected chi connectivity index (χ0v) is 13.3. The highest BCUT2D eigenvalue weighted by Gasteiger charge is 2.26. The predicted octanol–water partition coefficient (Wildman–Crippen LogP) is 4.53. The molecule has 0 spiro atoms. The van der Waals surface area contributed by atoms with Crippen molar-refractivity contribution in [3.8, 4) is 0 Å². The molecule has 1 N–H and O–H groups in total. The maximum Gasteiger partial charge on any atom is 0.0616 e. The van der Waals surface area contributed by atoms with Crippen LogP contribution < -0.4 is 5.32 Å². The summed E-state index contributed by atoms with van der Waals surface area (Å²) in [6, 6.07) is 0. The van der Waals surface area contributed by atoms with Crippen molar-refractivity contribution < 1.29 is 4.74 Å². The fraction of sp³-hybridized carbons (Fsp3) is 1.00. The van der Waals surface area contributed by atoms with Gasteiger partial charge in [-0.2, -0.15) is 0 Å². The minimum absolute atomic E-state index is 0.542. The van der Waals surface area contributed by atoms with E-state index in [1.165, 1.54) is 64.2 Å². The molecule has 2 nitrogen and oxygen atoms in total. The summed E-state index contributed by atoms with van der Waals surface area (Å²) in [6.07, 6.45) is 14.1. The maximum atomic E-state index is 5.90. The average molecular weight is 269 g/mol. The van der Waals surface area contributed by atoms with E-state index in [0.29, 0.717) is 6.10 Å². The van der Waals surface area contributed by atoms with Crippen LogP contribution in [0.25, 0.3) is 0 Å². The van der Waals surface area contributed by atoms with Crippen molar-refractivity contribution in [2.75, 3.05) is 19.7 Å². The predicted molar refractivity (Wildman–Crippen MR) is 83.6 cm³/mol. The molecule has 0 aromatic carbocycles. The van der Waals surface area contributed by atoms with Gasteiger partial charge in [-0.25, -0.2) is 0 Å². The van der Waals surface area contributed by atoms with Gasteiger partial charge in [0, 0.05) is 13.2 Å². The molecule has 2 heteroatoms. The van der Waals surface area contributed by atoms with Gasteiger partial charge in [0.1, 0.15) is 0 Å². The van der Waals surface area contributed by atoms with E-state index in [0.717, 1.165) is 25.6 Å². The van der Waals surface area contributed by atoms with E-state index in [4.69, 9.17) is 4.74 Å². The molecule has 0 aromatic heterocycles. The zero-order chi connectivity index (χ0) is 13.8. The molecule has 2 unspecified atom stereocenters. The molecule has 0 aromatic rings. The van der Waals surface area contributed by atoms with Gasteiger partial charge in [0.15, 0.2) is 0 Å². The van der Waals surface area contributed by atoms with Crippen LogP contribution in [0.1, 0.15) is 78.1 Å². The Labute approximate surface area is 120 Å². The molecule has 0 bridgehead atoms. The third-order valence-corrected chi connectivity index (χ3v) is 4.27. The first-order valence-corrected chi connectivity index (χ1v) is 8.70. The van der Waals surface area contributed by atoms with E-state index in [9.17, 15) is 0 Å². The highest BCUT2D eigenvalue weighted by Crippen LogP contribution is 2.25. The van der Waals surface area contributed by atoms with Gasteiger partial charge >= 0.3 is 0 Å². The van der Waals surface area contributed by atoms with Gasteiger partial charge in [-0.05, 0) is 31.7 Å². The largest absolute Gasteiger partial charge is 0.378 e. The Hall–Kier alpha value is -0.0800. The summed E-state index contributed by atoms with van der Waals surface area (Å²) in [5.74, 6) is 0.770. The Morgan fingerprint density at radius 1 is 0.947 bits per heavy atom. The van der Waals surface area contributed by atoms with E-state index in [-0.39, 0.29) is 0 Å². The van der Waals surface area contributed by atoms with Gasteiger partial charge in [0.2, 0.25) is 0 Å². The molecule has 114 valence electrons. The normalized spacial score (nSPS) is 23.1. The van der Waals surface area contributed by atoms with Crippen molar-refractivity contribution >= 4 is 0 Å². The first kappa shape index (κ1) is 17.0. The van der Waals surface area contributed by atoms with E-state index < -0.39 is 0 Å². The van der Waals surface area contributed by atoms with Crippen molar-refractivity contribution in [1.82, 2.24) is 5.32 Å². The maximum absolute atomic E-state index is 5.90. The van der Waals surface area contributed by atoms with Gasteiger partial charge in [0.25, 0.3) is 0 Å². The Morgan fingerprint density at radius 2 is 1.68 bits per heavy atom. The average Bonchev–Trinajstić information content (AvgIpc) is 2.86. The smallest absolute Gasteiger partial charge is 0.0616 e. The van der Waals surface area contributed by atoms with Gasteiger partial charge in [-0.3, -0.25) is 0 Å². The van der Waals surface area contributed by atoms with Crippen LogP contribution >= 0.6 is 0 Å². The lowest BCUT2D eigenvalue weighted by molar-refractivity contribution is 0.0809. The van der Waals surface area contributed by atoms with Crippen LogP contribution in [0.3, 0.4) is 0 Å². The van der Waals surface area contributed by atoms with E-state index in [1.54, 1.807) is 0 Å². The third kappa shape index (κ3) is 7.94. The minimum Gasteiger partial charge on any atom is -0.378 e. The molecule has 1 aliphatic heterocycles. The second kappa shape index (κ2) is 11.7. The number of ether oxygens (including phenoxy) is 1. The molecule has 0 radical (unpaired) electrons. The summed E-state index contributed by atoms with van der Waals surface area (Å²) < 4.78 is 5.90. The lowest BCUT2D eigenvalue weighted by atomic mass is 9.96. The van der Waals surface area contributed by atoms with Crippen LogP contribution in [0.15, 0.2) is 0 Å². The molecule has 19 heavy (non-hydrogen) atoms. The summed E-state index contributed by atoms with van der Waals surface area (Å²) in [4.78, 5) is 0. The number of hydrogen-bond donors (Lipinski definition) is 1. The van der Waals surface area contributed by atoms with Crippen LogP contribution in [-0.4, -0.2) is 25.8 Å². The van der Waals surface area contributed by atoms with Crippen molar-refractivity contribution in [3.05, 3.63) is 0 Å². The SMILES string of the molecule is CCCCCCCCCC1OCCC1CNCCC. The Bertz CT molecular complexity index is 196.